The van der Waals surface area contributed by atoms with Gasteiger partial charge in [-0.15, -0.1) is 0 Å². The summed E-state index contributed by atoms with van der Waals surface area (Å²) in [5, 5.41) is 11.0. The first-order valence-electron chi connectivity index (χ1n) is 15.3. The number of aryl methyl sites for hydroxylation is 4. The van der Waals surface area contributed by atoms with Crippen molar-refractivity contribution in [3.05, 3.63) is 76.9 Å². The van der Waals surface area contributed by atoms with Gasteiger partial charge in [-0.3, -0.25) is 4.79 Å². The zero-order valence-electron chi connectivity index (χ0n) is 26.1. The van der Waals surface area contributed by atoms with Crippen molar-refractivity contribution in [1.82, 2.24) is 15.0 Å². The Morgan fingerprint density at radius 1 is 0.674 bits per heavy atom. The van der Waals surface area contributed by atoms with E-state index < -0.39 is 0 Å². The lowest BCUT2D eigenvalue weighted by atomic mass is 10.0. The van der Waals surface area contributed by atoms with Crippen molar-refractivity contribution in [1.29, 1.82) is 0 Å². The molecule has 0 fully saturated rings. The molecule has 0 amide bonds. The molecule has 0 spiro atoms. The van der Waals surface area contributed by atoms with Crippen molar-refractivity contribution < 1.29 is 19.4 Å². The van der Waals surface area contributed by atoms with Gasteiger partial charge in [0, 0.05) is 17.2 Å². The van der Waals surface area contributed by atoms with Crippen LogP contribution in [0, 0.1) is 27.7 Å². The van der Waals surface area contributed by atoms with Gasteiger partial charge in [-0.1, -0.05) is 86.6 Å². The van der Waals surface area contributed by atoms with E-state index in [4.69, 9.17) is 24.4 Å². The van der Waals surface area contributed by atoms with E-state index in [1.54, 1.807) is 12.1 Å². The Kier molecular flexibility index (Phi) is 11.3. The molecule has 0 bridgehead atoms. The number of carbonyl (C=O) groups excluding carboxylic acids is 1. The summed E-state index contributed by atoms with van der Waals surface area (Å²) in [6.07, 6.45) is 7.00. The molecule has 0 aliphatic heterocycles. The van der Waals surface area contributed by atoms with Crippen molar-refractivity contribution >= 4 is 5.97 Å². The Labute approximate surface area is 255 Å². The quantitative estimate of drug-likeness (QED) is 0.118. The lowest BCUT2D eigenvalue weighted by Crippen LogP contribution is -2.10. The summed E-state index contributed by atoms with van der Waals surface area (Å²) in [4.78, 5) is 26.5. The first kappa shape index (κ1) is 31.7. The van der Waals surface area contributed by atoms with Crippen LogP contribution in [0.3, 0.4) is 0 Å². The van der Waals surface area contributed by atoms with Crippen molar-refractivity contribution in [3.63, 3.8) is 0 Å². The summed E-state index contributed by atoms with van der Waals surface area (Å²) in [6, 6.07) is 17.3. The van der Waals surface area contributed by atoms with Gasteiger partial charge in [0.05, 0.1) is 25.2 Å². The van der Waals surface area contributed by atoms with Crippen LogP contribution in [-0.2, 0) is 9.53 Å². The third kappa shape index (κ3) is 8.87. The minimum Gasteiger partial charge on any atom is -0.507 e. The highest BCUT2D eigenvalue weighted by Gasteiger charge is 2.17. The van der Waals surface area contributed by atoms with Crippen LogP contribution in [-0.4, -0.2) is 39.2 Å². The SMILES string of the molecule is CCCCCCCCOC(=O)CCOc1ccc(-c2nc(-c3ccc(C)cc3C)nc(-c3ccc(C)cc3C)n2)c(O)c1. The molecule has 226 valence electrons. The van der Waals surface area contributed by atoms with Crippen LogP contribution in [0.1, 0.15) is 74.1 Å². The topological polar surface area (TPSA) is 94.4 Å². The molecule has 4 rings (SSSR count). The monoisotopic (exact) mass is 581 g/mol. The van der Waals surface area contributed by atoms with E-state index in [0.717, 1.165) is 46.2 Å². The molecule has 7 nitrogen and oxygen atoms in total. The number of unbranched alkanes of at least 4 members (excludes halogenated alkanes) is 5. The van der Waals surface area contributed by atoms with Gasteiger partial charge in [0.2, 0.25) is 0 Å². The number of phenols is 1. The maximum Gasteiger partial charge on any atom is 0.309 e. The Morgan fingerprint density at radius 2 is 1.21 bits per heavy atom. The van der Waals surface area contributed by atoms with Gasteiger partial charge in [-0.05, 0) is 57.4 Å². The molecule has 1 heterocycles. The standard InChI is InChI=1S/C36H43N3O4/c1-6-7-8-9-10-11-19-43-33(41)18-20-42-28-14-17-31(32(40)23-28)36-38-34(29-15-12-24(2)21-26(29)4)37-35(39-36)30-16-13-25(3)22-27(30)5/h12-17,21-23,40H,6-11,18-20H2,1-5H3. The van der Waals surface area contributed by atoms with Gasteiger partial charge >= 0.3 is 5.97 Å². The fourth-order valence-electron chi connectivity index (χ4n) is 5.05. The van der Waals surface area contributed by atoms with E-state index in [2.05, 4.69) is 32.9 Å². The highest BCUT2D eigenvalue weighted by molar-refractivity contribution is 5.72. The van der Waals surface area contributed by atoms with Crippen LogP contribution in [0.4, 0.5) is 0 Å². The van der Waals surface area contributed by atoms with Gasteiger partial charge in [-0.2, -0.15) is 0 Å². The summed E-state index contributed by atoms with van der Waals surface area (Å²) >= 11 is 0. The molecule has 7 heteroatoms. The first-order chi connectivity index (χ1) is 20.7. The third-order valence-electron chi connectivity index (χ3n) is 7.43. The maximum atomic E-state index is 12.1. The summed E-state index contributed by atoms with van der Waals surface area (Å²) in [7, 11) is 0. The molecule has 0 aliphatic carbocycles. The number of carbonyl (C=O) groups is 1. The molecule has 0 radical (unpaired) electrons. The minimum atomic E-state index is -0.280. The smallest absolute Gasteiger partial charge is 0.309 e. The number of phenolic OH excluding ortho intramolecular Hbond substituents is 1. The number of esters is 1. The number of benzene rings is 3. The van der Waals surface area contributed by atoms with E-state index in [-0.39, 0.29) is 24.7 Å². The van der Waals surface area contributed by atoms with Crippen LogP contribution in [0.2, 0.25) is 0 Å². The van der Waals surface area contributed by atoms with Crippen molar-refractivity contribution in [2.75, 3.05) is 13.2 Å². The first-order valence-corrected chi connectivity index (χ1v) is 15.3. The Morgan fingerprint density at radius 3 is 1.77 bits per heavy atom. The lowest BCUT2D eigenvalue weighted by molar-refractivity contribution is -0.144. The van der Waals surface area contributed by atoms with E-state index in [1.165, 1.54) is 31.7 Å². The summed E-state index contributed by atoms with van der Waals surface area (Å²) in [6.45, 7) is 11.0. The number of hydrogen-bond acceptors (Lipinski definition) is 7. The molecule has 0 atom stereocenters. The number of hydrogen-bond donors (Lipinski definition) is 1. The average molecular weight is 582 g/mol. The lowest BCUT2D eigenvalue weighted by Gasteiger charge is -2.13. The van der Waals surface area contributed by atoms with Gasteiger partial charge in [0.25, 0.3) is 0 Å². The van der Waals surface area contributed by atoms with Gasteiger partial charge in [0.15, 0.2) is 17.5 Å². The highest BCUT2D eigenvalue weighted by Crippen LogP contribution is 2.34. The molecule has 3 aromatic carbocycles. The molecule has 4 aromatic rings. The zero-order chi connectivity index (χ0) is 30.8. The van der Waals surface area contributed by atoms with Crippen LogP contribution < -0.4 is 4.74 Å². The Balaban J connectivity index is 1.49. The molecule has 0 saturated heterocycles. The summed E-state index contributed by atoms with van der Waals surface area (Å²) in [5.74, 6) is 1.59. The maximum absolute atomic E-state index is 12.1. The molecule has 43 heavy (non-hydrogen) atoms. The molecule has 0 aliphatic rings. The average Bonchev–Trinajstić information content (AvgIpc) is 2.96. The van der Waals surface area contributed by atoms with Crippen molar-refractivity contribution in [2.45, 2.75) is 79.6 Å². The van der Waals surface area contributed by atoms with Gasteiger partial charge in [-0.25, -0.2) is 15.0 Å². The zero-order valence-corrected chi connectivity index (χ0v) is 26.1. The fraction of sp³-hybridized carbons (Fsp3) is 0.389. The van der Waals surface area contributed by atoms with E-state index in [1.807, 2.05) is 38.1 Å². The van der Waals surface area contributed by atoms with Crippen LogP contribution >= 0.6 is 0 Å². The number of nitrogens with zero attached hydrogens (tertiary/aromatic N) is 3. The van der Waals surface area contributed by atoms with Crippen LogP contribution in [0.25, 0.3) is 34.2 Å². The number of rotatable bonds is 14. The van der Waals surface area contributed by atoms with Crippen molar-refractivity contribution in [3.8, 4) is 45.7 Å². The normalized spacial score (nSPS) is 11.0. The summed E-state index contributed by atoms with van der Waals surface area (Å²) < 4.78 is 11.1. The minimum absolute atomic E-state index is 0.0208. The fourth-order valence-corrected chi connectivity index (χ4v) is 5.05. The summed E-state index contributed by atoms with van der Waals surface area (Å²) in [5.41, 5.74) is 6.70. The second-order valence-electron chi connectivity index (χ2n) is 11.2. The van der Waals surface area contributed by atoms with Crippen molar-refractivity contribution in [2.24, 2.45) is 0 Å². The highest BCUT2D eigenvalue weighted by atomic mass is 16.5. The number of aromatic nitrogens is 3. The van der Waals surface area contributed by atoms with E-state index in [0.29, 0.717) is 35.4 Å². The third-order valence-corrected chi connectivity index (χ3v) is 7.43. The molecular weight excluding hydrogens is 538 g/mol. The molecule has 1 aromatic heterocycles. The molecule has 0 saturated carbocycles. The van der Waals surface area contributed by atoms with Crippen LogP contribution in [0.15, 0.2) is 54.6 Å². The largest absolute Gasteiger partial charge is 0.507 e. The van der Waals surface area contributed by atoms with Crippen LogP contribution in [0.5, 0.6) is 11.5 Å². The predicted octanol–water partition coefficient (Wildman–Crippen LogP) is 8.48. The molecule has 0 unspecified atom stereocenters. The van der Waals surface area contributed by atoms with E-state index in [9.17, 15) is 9.90 Å². The second-order valence-corrected chi connectivity index (χ2v) is 11.2. The Hall–Kier alpha value is -4.26. The molecular formula is C36H43N3O4. The Bertz CT molecular complexity index is 1480. The van der Waals surface area contributed by atoms with Gasteiger partial charge in [0.1, 0.15) is 11.5 Å². The van der Waals surface area contributed by atoms with Gasteiger partial charge < -0.3 is 14.6 Å². The number of ether oxygens (including phenoxy) is 2. The predicted molar refractivity (Wildman–Crippen MR) is 171 cm³/mol. The van der Waals surface area contributed by atoms with E-state index >= 15 is 0 Å². The number of aromatic hydroxyl groups is 1. The molecule has 1 N–H and O–H groups in total. The second kappa shape index (κ2) is 15.3.